The van der Waals surface area contributed by atoms with E-state index in [4.69, 9.17) is 15.0 Å². The largest absolute Gasteiger partial charge is 0.458 e. The van der Waals surface area contributed by atoms with Crippen molar-refractivity contribution in [2.45, 2.75) is 77.9 Å². The second kappa shape index (κ2) is 6.92. The van der Waals surface area contributed by atoms with Crippen LogP contribution in [-0.2, 0) is 9.31 Å². The van der Waals surface area contributed by atoms with Crippen LogP contribution in [0, 0.1) is 0 Å². The zero-order valence-electron chi connectivity index (χ0n) is 13.9. The zero-order valence-corrected chi connectivity index (χ0v) is 13.9. The molecule has 1 aliphatic heterocycles. The summed E-state index contributed by atoms with van der Waals surface area (Å²) in [6.07, 6.45) is 9.26. The molecule has 1 heterocycles. The first kappa shape index (κ1) is 17.5. The fraction of sp³-hybridized carbons (Fsp3) is 0.750. The monoisotopic (exact) mass is 279 g/mol. The Bertz CT molecular complexity index is 357. The van der Waals surface area contributed by atoms with Crippen molar-refractivity contribution >= 4 is 7.12 Å². The SMILES string of the molecule is CC/C=C(\C=C/C(C)N)CCB1OC(C)(C)C(C)(C)O1. The molecule has 2 N–H and O–H groups in total. The van der Waals surface area contributed by atoms with Gasteiger partial charge >= 0.3 is 7.12 Å². The van der Waals surface area contributed by atoms with Gasteiger partial charge in [0.2, 0.25) is 0 Å². The van der Waals surface area contributed by atoms with Gasteiger partial charge in [0.1, 0.15) is 0 Å². The second-order valence-corrected chi connectivity index (χ2v) is 6.63. The van der Waals surface area contributed by atoms with E-state index in [1.807, 2.05) is 13.0 Å². The third-order valence-electron chi connectivity index (χ3n) is 4.05. The summed E-state index contributed by atoms with van der Waals surface area (Å²) in [4.78, 5) is 0. The quantitative estimate of drug-likeness (QED) is 0.595. The van der Waals surface area contributed by atoms with E-state index in [0.29, 0.717) is 0 Å². The van der Waals surface area contributed by atoms with Crippen LogP contribution < -0.4 is 5.73 Å². The van der Waals surface area contributed by atoms with Crippen molar-refractivity contribution in [3.05, 3.63) is 23.8 Å². The van der Waals surface area contributed by atoms with Gasteiger partial charge in [-0.1, -0.05) is 30.7 Å². The van der Waals surface area contributed by atoms with E-state index >= 15 is 0 Å². The lowest BCUT2D eigenvalue weighted by molar-refractivity contribution is 0.00578. The van der Waals surface area contributed by atoms with E-state index < -0.39 is 0 Å². The molecule has 0 aromatic rings. The highest BCUT2D eigenvalue weighted by Crippen LogP contribution is 2.38. The van der Waals surface area contributed by atoms with Crippen LogP contribution in [0.15, 0.2) is 23.8 Å². The van der Waals surface area contributed by atoms with E-state index in [1.54, 1.807) is 0 Å². The molecule has 1 unspecified atom stereocenters. The molecule has 1 aliphatic rings. The van der Waals surface area contributed by atoms with Gasteiger partial charge in [-0.15, -0.1) is 0 Å². The minimum atomic E-state index is -0.242. The molecule has 0 spiro atoms. The molecule has 1 rings (SSSR count). The Morgan fingerprint density at radius 3 is 2.20 bits per heavy atom. The minimum Gasteiger partial charge on any atom is -0.403 e. The van der Waals surface area contributed by atoms with Gasteiger partial charge in [0, 0.05) is 6.04 Å². The molecule has 114 valence electrons. The first-order chi connectivity index (χ1) is 9.18. The van der Waals surface area contributed by atoms with Crippen LogP contribution >= 0.6 is 0 Å². The Morgan fingerprint density at radius 2 is 1.75 bits per heavy atom. The van der Waals surface area contributed by atoms with Crippen LogP contribution in [0.2, 0.25) is 6.32 Å². The first-order valence-corrected chi connectivity index (χ1v) is 7.66. The van der Waals surface area contributed by atoms with Crippen LogP contribution in [0.25, 0.3) is 0 Å². The highest BCUT2D eigenvalue weighted by molar-refractivity contribution is 6.45. The summed E-state index contributed by atoms with van der Waals surface area (Å²) in [5.74, 6) is 0. The lowest BCUT2D eigenvalue weighted by Crippen LogP contribution is -2.41. The van der Waals surface area contributed by atoms with Gasteiger partial charge in [-0.3, -0.25) is 0 Å². The van der Waals surface area contributed by atoms with Crippen molar-refractivity contribution in [2.75, 3.05) is 0 Å². The maximum absolute atomic E-state index is 6.02. The summed E-state index contributed by atoms with van der Waals surface area (Å²) in [5.41, 5.74) is 6.58. The molecule has 1 fully saturated rings. The summed E-state index contributed by atoms with van der Waals surface area (Å²) >= 11 is 0. The van der Waals surface area contributed by atoms with E-state index in [9.17, 15) is 0 Å². The van der Waals surface area contributed by atoms with Gasteiger partial charge in [-0.2, -0.15) is 0 Å². The molecule has 0 radical (unpaired) electrons. The molecule has 0 saturated carbocycles. The van der Waals surface area contributed by atoms with Crippen LogP contribution in [-0.4, -0.2) is 24.4 Å². The van der Waals surface area contributed by atoms with E-state index in [2.05, 4.69) is 46.8 Å². The molecular weight excluding hydrogens is 249 g/mol. The number of hydrogen-bond donors (Lipinski definition) is 1. The van der Waals surface area contributed by atoms with Crippen molar-refractivity contribution in [2.24, 2.45) is 5.73 Å². The molecule has 1 atom stereocenters. The fourth-order valence-corrected chi connectivity index (χ4v) is 2.16. The number of hydrogen-bond acceptors (Lipinski definition) is 3. The molecule has 20 heavy (non-hydrogen) atoms. The van der Waals surface area contributed by atoms with Crippen molar-refractivity contribution < 1.29 is 9.31 Å². The average Bonchev–Trinajstić information content (AvgIpc) is 2.51. The highest BCUT2D eigenvalue weighted by atomic mass is 16.7. The summed E-state index contributed by atoms with van der Waals surface area (Å²) in [5, 5.41) is 0. The van der Waals surface area contributed by atoms with Gasteiger partial charge in [-0.05, 0) is 53.8 Å². The third kappa shape index (κ3) is 4.76. The fourth-order valence-electron chi connectivity index (χ4n) is 2.16. The molecule has 0 aromatic carbocycles. The van der Waals surface area contributed by atoms with E-state index in [1.165, 1.54) is 5.57 Å². The lowest BCUT2D eigenvalue weighted by atomic mass is 9.81. The Hall–Kier alpha value is -0.575. The molecule has 1 saturated heterocycles. The molecular formula is C16H30BNO2. The van der Waals surface area contributed by atoms with Crippen molar-refractivity contribution in [1.29, 1.82) is 0 Å². The second-order valence-electron chi connectivity index (χ2n) is 6.63. The topological polar surface area (TPSA) is 44.5 Å². The molecule has 3 nitrogen and oxygen atoms in total. The zero-order chi connectivity index (χ0) is 15.4. The maximum Gasteiger partial charge on any atom is 0.458 e. The molecule has 0 aromatic heterocycles. The van der Waals surface area contributed by atoms with Gasteiger partial charge in [0.25, 0.3) is 0 Å². The van der Waals surface area contributed by atoms with Crippen LogP contribution in [0.4, 0.5) is 0 Å². The standard InChI is InChI=1S/C16H30BNO2/c1-7-8-14(10-9-13(2)18)11-12-17-19-15(3,4)16(5,6)20-17/h8-10,13H,7,11-12,18H2,1-6H3/b10-9-,14-8+. The average molecular weight is 279 g/mol. The molecule has 0 bridgehead atoms. The highest BCUT2D eigenvalue weighted by Gasteiger charge is 2.50. The van der Waals surface area contributed by atoms with Gasteiger partial charge in [0.05, 0.1) is 11.2 Å². The summed E-state index contributed by atoms with van der Waals surface area (Å²) < 4.78 is 12.0. The molecule has 0 aliphatic carbocycles. The Labute approximate surface area is 124 Å². The first-order valence-electron chi connectivity index (χ1n) is 7.66. The number of rotatable bonds is 6. The van der Waals surface area contributed by atoms with Gasteiger partial charge < -0.3 is 15.0 Å². The van der Waals surface area contributed by atoms with Crippen molar-refractivity contribution in [3.63, 3.8) is 0 Å². The lowest BCUT2D eigenvalue weighted by Gasteiger charge is -2.32. The third-order valence-corrected chi connectivity index (χ3v) is 4.05. The minimum absolute atomic E-state index is 0.0899. The maximum atomic E-state index is 6.02. The predicted molar refractivity (Wildman–Crippen MR) is 86.7 cm³/mol. The Morgan fingerprint density at radius 1 is 1.20 bits per heavy atom. The van der Waals surface area contributed by atoms with Crippen molar-refractivity contribution in [3.8, 4) is 0 Å². The van der Waals surface area contributed by atoms with Crippen molar-refractivity contribution in [1.82, 2.24) is 0 Å². The summed E-state index contributed by atoms with van der Waals surface area (Å²) in [6, 6.07) is 0.0899. The Balaban J connectivity index is 2.56. The van der Waals surface area contributed by atoms with Gasteiger partial charge in [0.15, 0.2) is 0 Å². The van der Waals surface area contributed by atoms with Gasteiger partial charge in [-0.25, -0.2) is 0 Å². The molecule has 4 heteroatoms. The molecule has 0 amide bonds. The summed E-state index contributed by atoms with van der Waals surface area (Å²) in [7, 11) is -0.121. The Kier molecular flexibility index (Phi) is 6.05. The van der Waals surface area contributed by atoms with Crippen LogP contribution in [0.5, 0.6) is 0 Å². The summed E-state index contributed by atoms with van der Waals surface area (Å²) in [6.45, 7) is 12.5. The normalized spacial score (nSPS) is 23.6. The number of nitrogens with two attached hydrogens (primary N) is 1. The van der Waals surface area contributed by atoms with E-state index in [-0.39, 0.29) is 24.4 Å². The predicted octanol–water partition coefficient (Wildman–Crippen LogP) is 3.71. The van der Waals surface area contributed by atoms with Crippen LogP contribution in [0.1, 0.15) is 54.4 Å². The smallest absolute Gasteiger partial charge is 0.403 e. The number of allylic oxidation sites excluding steroid dienone is 3. The van der Waals surface area contributed by atoms with Crippen LogP contribution in [0.3, 0.4) is 0 Å². The van der Waals surface area contributed by atoms with E-state index in [0.717, 1.165) is 19.2 Å².